The Hall–Kier alpha value is -3.15. The van der Waals surface area contributed by atoms with Crippen LogP contribution in [0, 0.1) is 0 Å². The molecule has 0 amide bonds. The topological polar surface area (TPSA) is 78.9 Å². The van der Waals surface area contributed by atoms with E-state index in [1.54, 1.807) is 0 Å². The van der Waals surface area contributed by atoms with Crippen molar-refractivity contribution in [2.75, 3.05) is 13.2 Å². The lowest BCUT2D eigenvalue weighted by Crippen LogP contribution is -2.30. The van der Waals surface area contributed by atoms with Crippen LogP contribution >= 0.6 is 0 Å². The maximum Gasteiger partial charge on any atom is 0.306 e. The molecule has 6 heteroatoms. The summed E-state index contributed by atoms with van der Waals surface area (Å²) in [5.74, 6) is -0.898. The molecule has 0 rings (SSSR count). The molecule has 1 atom stereocenters. The van der Waals surface area contributed by atoms with E-state index in [0.717, 1.165) is 96.3 Å². The second kappa shape index (κ2) is 71.3. The standard InChI is InChI=1S/C77H138O6/c1-4-7-10-13-16-19-22-24-26-28-30-31-32-33-34-35-36-37-38-39-40-41-42-43-44-45-47-48-50-52-55-58-61-64-67-70-76(79)82-73-74(72-81-75(78)69-66-63-60-57-54-21-18-15-12-9-6-3)83-77(80)71-68-65-62-59-56-53-51-49-46-29-27-25-23-20-17-14-11-8-5-2/h8,11,17,20,25,27-28,30,46,49,53,56,74H,4-7,9-10,12-16,18-19,21-24,26,29,31-45,47-48,50-52,54-55,57-73H2,1-3H3/b11-8-,20-17-,27-25-,30-28-,49-46-,56-53-. The average Bonchev–Trinajstić information content (AvgIpc) is 3.48. The second-order valence-electron chi connectivity index (χ2n) is 24.5. The van der Waals surface area contributed by atoms with E-state index in [-0.39, 0.29) is 31.1 Å². The Morgan fingerprint density at radius 2 is 0.470 bits per heavy atom. The Balaban J connectivity index is 4.10. The van der Waals surface area contributed by atoms with Crippen LogP contribution in [0.5, 0.6) is 0 Å². The van der Waals surface area contributed by atoms with E-state index in [1.165, 1.54) is 244 Å². The zero-order valence-corrected chi connectivity index (χ0v) is 55.5. The van der Waals surface area contributed by atoms with E-state index in [0.29, 0.717) is 19.3 Å². The van der Waals surface area contributed by atoms with Gasteiger partial charge in [0.2, 0.25) is 0 Å². The number of rotatable bonds is 67. The molecule has 0 aliphatic heterocycles. The van der Waals surface area contributed by atoms with Crippen molar-refractivity contribution in [1.29, 1.82) is 0 Å². The van der Waals surface area contributed by atoms with Crippen LogP contribution in [0.4, 0.5) is 0 Å². The highest BCUT2D eigenvalue weighted by molar-refractivity contribution is 5.71. The molecule has 83 heavy (non-hydrogen) atoms. The largest absolute Gasteiger partial charge is 0.462 e. The summed E-state index contributed by atoms with van der Waals surface area (Å²) in [6.07, 6.45) is 93.9. The molecule has 0 fully saturated rings. The highest BCUT2D eigenvalue weighted by atomic mass is 16.6. The van der Waals surface area contributed by atoms with Crippen molar-refractivity contribution in [2.24, 2.45) is 0 Å². The third kappa shape index (κ3) is 69.5. The van der Waals surface area contributed by atoms with Crippen molar-refractivity contribution in [3.05, 3.63) is 72.9 Å². The van der Waals surface area contributed by atoms with Gasteiger partial charge in [0.05, 0.1) is 0 Å². The van der Waals surface area contributed by atoms with Gasteiger partial charge < -0.3 is 14.2 Å². The zero-order chi connectivity index (χ0) is 59.9. The number of esters is 3. The lowest BCUT2D eigenvalue weighted by atomic mass is 10.0. The predicted octanol–water partition coefficient (Wildman–Crippen LogP) is 25.2. The molecule has 0 aliphatic rings. The molecule has 482 valence electrons. The summed E-state index contributed by atoms with van der Waals surface area (Å²) in [5.41, 5.74) is 0. The quantitative estimate of drug-likeness (QED) is 0.0261. The van der Waals surface area contributed by atoms with Gasteiger partial charge in [-0.05, 0) is 89.9 Å². The molecule has 0 aromatic rings. The maximum atomic E-state index is 12.9. The van der Waals surface area contributed by atoms with Crippen LogP contribution in [-0.4, -0.2) is 37.2 Å². The number of carbonyl (C=O) groups excluding carboxylic acids is 3. The smallest absolute Gasteiger partial charge is 0.306 e. The Bertz CT molecular complexity index is 1520. The number of hydrogen-bond acceptors (Lipinski definition) is 6. The van der Waals surface area contributed by atoms with Crippen molar-refractivity contribution >= 4 is 17.9 Å². The Morgan fingerprint density at radius 1 is 0.253 bits per heavy atom. The minimum Gasteiger partial charge on any atom is -0.462 e. The zero-order valence-electron chi connectivity index (χ0n) is 55.5. The monoisotopic (exact) mass is 1160 g/mol. The van der Waals surface area contributed by atoms with Crippen LogP contribution in [0.1, 0.15) is 380 Å². The van der Waals surface area contributed by atoms with Crippen LogP contribution in [0.3, 0.4) is 0 Å². The minimum absolute atomic E-state index is 0.0844. The van der Waals surface area contributed by atoms with Gasteiger partial charge in [0.25, 0.3) is 0 Å². The van der Waals surface area contributed by atoms with Crippen molar-refractivity contribution in [2.45, 2.75) is 386 Å². The molecule has 1 unspecified atom stereocenters. The van der Waals surface area contributed by atoms with E-state index >= 15 is 0 Å². The number of allylic oxidation sites excluding steroid dienone is 12. The van der Waals surface area contributed by atoms with Gasteiger partial charge >= 0.3 is 17.9 Å². The average molecular weight is 1160 g/mol. The van der Waals surface area contributed by atoms with Gasteiger partial charge in [0.15, 0.2) is 6.10 Å². The lowest BCUT2D eigenvalue weighted by molar-refractivity contribution is -0.167. The minimum atomic E-state index is -0.791. The van der Waals surface area contributed by atoms with Crippen LogP contribution in [0.2, 0.25) is 0 Å². The molecular weight excluding hydrogens is 1020 g/mol. The second-order valence-corrected chi connectivity index (χ2v) is 24.5. The van der Waals surface area contributed by atoms with Crippen LogP contribution in [0.25, 0.3) is 0 Å². The van der Waals surface area contributed by atoms with Gasteiger partial charge in [-0.1, -0.05) is 344 Å². The van der Waals surface area contributed by atoms with E-state index < -0.39 is 6.10 Å². The summed E-state index contributed by atoms with van der Waals surface area (Å²) >= 11 is 0. The fraction of sp³-hybridized carbons (Fsp3) is 0.805. The summed E-state index contributed by atoms with van der Waals surface area (Å²) in [4.78, 5) is 38.3. The first-order chi connectivity index (χ1) is 41.0. The van der Waals surface area contributed by atoms with Crippen LogP contribution in [-0.2, 0) is 28.6 Å². The summed E-state index contributed by atoms with van der Waals surface area (Å²) in [6.45, 7) is 6.54. The molecule has 0 N–H and O–H groups in total. The molecule has 0 heterocycles. The normalized spacial score (nSPS) is 12.5. The predicted molar refractivity (Wildman–Crippen MR) is 362 cm³/mol. The van der Waals surface area contributed by atoms with Gasteiger partial charge in [0.1, 0.15) is 13.2 Å². The molecule has 0 saturated carbocycles. The Labute approximate surface area is 516 Å². The third-order valence-electron chi connectivity index (χ3n) is 16.2. The fourth-order valence-corrected chi connectivity index (χ4v) is 10.8. The Morgan fingerprint density at radius 3 is 0.759 bits per heavy atom. The molecular formula is C77H138O6. The molecule has 0 saturated heterocycles. The SMILES string of the molecule is CC/C=C\C/C=C\C/C=C\C/C=C\C/C=C\CCCCCC(=O)OC(COC(=O)CCCCCCCCCCCCC)COC(=O)CCCCCCCCCCCCCCCCCCCCCCCCC/C=C\CCCCCCCCCC. The van der Waals surface area contributed by atoms with Crippen molar-refractivity contribution in [3.8, 4) is 0 Å². The van der Waals surface area contributed by atoms with Crippen LogP contribution in [0.15, 0.2) is 72.9 Å². The first-order valence-electron chi connectivity index (χ1n) is 36.4. The lowest BCUT2D eigenvalue weighted by Gasteiger charge is -2.18. The van der Waals surface area contributed by atoms with E-state index in [2.05, 4.69) is 93.7 Å². The number of hydrogen-bond donors (Lipinski definition) is 0. The summed E-state index contributed by atoms with van der Waals surface area (Å²) in [6, 6.07) is 0. The van der Waals surface area contributed by atoms with Gasteiger partial charge in [-0.2, -0.15) is 0 Å². The van der Waals surface area contributed by atoms with Crippen molar-refractivity contribution in [1.82, 2.24) is 0 Å². The molecule has 0 aromatic heterocycles. The fourth-order valence-electron chi connectivity index (χ4n) is 10.8. The molecule has 6 nitrogen and oxygen atoms in total. The van der Waals surface area contributed by atoms with Gasteiger partial charge in [-0.15, -0.1) is 0 Å². The summed E-state index contributed by atoms with van der Waals surface area (Å²) in [7, 11) is 0. The molecule has 0 bridgehead atoms. The first-order valence-corrected chi connectivity index (χ1v) is 36.4. The summed E-state index contributed by atoms with van der Waals surface area (Å²) in [5, 5.41) is 0. The molecule has 0 radical (unpaired) electrons. The number of unbranched alkanes of at least 4 members (excludes halogenated alkanes) is 44. The molecule has 0 spiro atoms. The maximum absolute atomic E-state index is 12.9. The van der Waals surface area contributed by atoms with Crippen LogP contribution < -0.4 is 0 Å². The third-order valence-corrected chi connectivity index (χ3v) is 16.2. The van der Waals surface area contributed by atoms with Crippen molar-refractivity contribution in [3.63, 3.8) is 0 Å². The first kappa shape index (κ1) is 79.8. The Kier molecular flexibility index (Phi) is 68.6. The highest BCUT2D eigenvalue weighted by Gasteiger charge is 2.19. The number of carbonyl (C=O) groups is 3. The van der Waals surface area contributed by atoms with Gasteiger partial charge in [0, 0.05) is 19.3 Å². The van der Waals surface area contributed by atoms with Gasteiger partial charge in [-0.25, -0.2) is 0 Å². The van der Waals surface area contributed by atoms with Gasteiger partial charge in [-0.3, -0.25) is 14.4 Å². The molecule has 0 aliphatic carbocycles. The summed E-state index contributed by atoms with van der Waals surface area (Å²) < 4.78 is 16.9. The molecule has 0 aromatic carbocycles. The highest BCUT2D eigenvalue weighted by Crippen LogP contribution is 2.18. The van der Waals surface area contributed by atoms with E-state index in [1.807, 2.05) is 0 Å². The van der Waals surface area contributed by atoms with E-state index in [4.69, 9.17) is 14.2 Å². The van der Waals surface area contributed by atoms with E-state index in [9.17, 15) is 14.4 Å². The number of ether oxygens (including phenoxy) is 3. The van der Waals surface area contributed by atoms with Crippen molar-refractivity contribution < 1.29 is 28.6 Å².